The fourth-order valence-electron chi connectivity index (χ4n) is 3.70. The summed E-state index contributed by atoms with van der Waals surface area (Å²) in [5.74, 6) is -1.46. The van der Waals surface area contributed by atoms with Crippen molar-refractivity contribution in [2.24, 2.45) is 0 Å². The van der Waals surface area contributed by atoms with E-state index in [0.29, 0.717) is 0 Å². The summed E-state index contributed by atoms with van der Waals surface area (Å²) in [7, 11) is 1.30. The number of carbonyl (C=O) groups is 2. The van der Waals surface area contributed by atoms with E-state index in [0.717, 1.165) is 16.7 Å². The maximum absolute atomic E-state index is 12.2. The summed E-state index contributed by atoms with van der Waals surface area (Å²) in [5.41, 5.74) is 1.81. The minimum Gasteiger partial charge on any atom is -0.480 e. The Balaban J connectivity index is 2.17. The summed E-state index contributed by atoms with van der Waals surface area (Å²) < 4.78 is 4.70. The van der Waals surface area contributed by atoms with Crippen LogP contribution < -0.4 is 5.32 Å². The van der Waals surface area contributed by atoms with Crippen molar-refractivity contribution in [1.29, 1.82) is 0 Å². The number of hydrogen-bond donors (Lipinski definition) is 2. The van der Waals surface area contributed by atoms with Crippen LogP contribution in [0.2, 0.25) is 0 Å². The molecule has 0 aliphatic rings. The van der Waals surface area contributed by atoms with E-state index in [-0.39, 0.29) is 12.8 Å². The van der Waals surface area contributed by atoms with Gasteiger partial charge >= 0.3 is 11.9 Å². The van der Waals surface area contributed by atoms with Crippen molar-refractivity contribution in [2.75, 3.05) is 7.11 Å². The van der Waals surface area contributed by atoms with Crippen LogP contribution in [0.4, 0.5) is 0 Å². The molecule has 30 heavy (non-hydrogen) atoms. The Morgan fingerprint density at radius 1 is 0.833 bits per heavy atom. The lowest BCUT2D eigenvalue weighted by Crippen LogP contribution is -2.52. The summed E-state index contributed by atoms with van der Waals surface area (Å²) in [4.78, 5) is 23.8. The Labute approximate surface area is 176 Å². The molecule has 3 aromatic carbocycles. The largest absolute Gasteiger partial charge is 0.480 e. The topological polar surface area (TPSA) is 75.6 Å². The summed E-state index contributed by atoms with van der Waals surface area (Å²) in [6.45, 7) is 0. The number of ether oxygens (including phenoxy) is 1. The number of aliphatic carboxylic acids is 1. The van der Waals surface area contributed by atoms with Crippen molar-refractivity contribution in [1.82, 2.24) is 5.32 Å². The van der Waals surface area contributed by atoms with Gasteiger partial charge in [0, 0.05) is 6.42 Å². The number of nitrogens with one attached hydrogen (secondary N) is 1. The minimum atomic E-state index is -1.02. The molecule has 5 heteroatoms. The third-order valence-corrected chi connectivity index (χ3v) is 5.17. The normalized spacial score (nSPS) is 12.2. The molecular formula is C25H25NO4. The van der Waals surface area contributed by atoms with E-state index in [1.807, 2.05) is 91.0 Å². The molecule has 3 rings (SSSR count). The lowest BCUT2D eigenvalue weighted by molar-refractivity contribution is -0.142. The van der Waals surface area contributed by atoms with Crippen LogP contribution in [0.5, 0.6) is 0 Å². The molecule has 154 valence electrons. The van der Waals surface area contributed by atoms with Crippen LogP contribution in [0.3, 0.4) is 0 Å². The molecule has 0 saturated heterocycles. The number of hydrogen-bond acceptors (Lipinski definition) is 4. The molecule has 0 heterocycles. The van der Waals surface area contributed by atoms with Gasteiger partial charge in [-0.1, -0.05) is 91.0 Å². The molecule has 1 atom stereocenters. The zero-order valence-electron chi connectivity index (χ0n) is 16.8. The third kappa shape index (κ3) is 4.58. The Kier molecular flexibility index (Phi) is 6.99. The molecule has 5 nitrogen and oxygen atoms in total. The first-order chi connectivity index (χ1) is 14.6. The van der Waals surface area contributed by atoms with Crippen molar-refractivity contribution in [3.63, 3.8) is 0 Å². The SMILES string of the molecule is COC(=O)CCC(NC(c1ccccc1)(c1ccccc1)c1ccccc1)C(=O)O. The molecule has 0 spiro atoms. The van der Waals surface area contributed by atoms with E-state index in [9.17, 15) is 14.7 Å². The van der Waals surface area contributed by atoms with E-state index >= 15 is 0 Å². The first-order valence-electron chi connectivity index (χ1n) is 9.82. The number of benzene rings is 3. The third-order valence-electron chi connectivity index (χ3n) is 5.17. The standard InChI is InChI=1S/C25H25NO4/c1-30-23(27)18-17-22(24(28)29)26-25(19-11-5-2-6-12-19,20-13-7-3-8-14-20)21-15-9-4-10-16-21/h2-16,22,26H,17-18H2,1H3,(H,28,29). The number of rotatable bonds is 9. The number of esters is 1. The second-order valence-electron chi connectivity index (χ2n) is 7.00. The van der Waals surface area contributed by atoms with Crippen LogP contribution >= 0.6 is 0 Å². The summed E-state index contributed by atoms with van der Waals surface area (Å²) in [6.07, 6.45) is 0.116. The molecule has 0 aliphatic carbocycles. The van der Waals surface area contributed by atoms with Crippen molar-refractivity contribution in [3.8, 4) is 0 Å². The minimum absolute atomic E-state index is 0.00884. The molecule has 0 fully saturated rings. The van der Waals surface area contributed by atoms with Crippen molar-refractivity contribution in [3.05, 3.63) is 108 Å². The van der Waals surface area contributed by atoms with Gasteiger partial charge in [-0.25, -0.2) is 0 Å². The molecular weight excluding hydrogens is 378 g/mol. The van der Waals surface area contributed by atoms with Crippen molar-refractivity contribution in [2.45, 2.75) is 24.4 Å². The van der Waals surface area contributed by atoms with Crippen LogP contribution in [0.1, 0.15) is 29.5 Å². The van der Waals surface area contributed by atoms with Gasteiger partial charge in [0.15, 0.2) is 0 Å². The van der Waals surface area contributed by atoms with Gasteiger partial charge in [0.25, 0.3) is 0 Å². The molecule has 0 amide bonds. The quantitative estimate of drug-likeness (QED) is 0.418. The maximum Gasteiger partial charge on any atom is 0.320 e. The monoisotopic (exact) mass is 403 g/mol. The zero-order valence-corrected chi connectivity index (χ0v) is 16.8. The number of carboxylic acid groups (broad SMARTS) is 1. The van der Waals surface area contributed by atoms with Gasteiger partial charge in [-0.05, 0) is 23.1 Å². The lowest BCUT2D eigenvalue weighted by atomic mass is 9.76. The fraction of sp³-hybridized carbons (Fsp3) is 0.200. The summed E-state index contributed by atoms with van der Waals surface area (Å²) in [6, 6.07) is 28.3. The molecule has 1 unspecified atom stereocenters. The van der Waals surface area contributed by atoms with Gasteiger partial charge < -0.3 is 9.84 Å². The first kappa shape index (κ1) is 21.3. The average Bonchev–Trinajstić information content (AvgIpc) is 2.80. The van der Waals surface area contributed by atoms with Crippen LogP contribution in [0.15, 0.2) is 91.0 Å². The molecule has 0 bridgehead atoms. The smallest absolute Gasteiger partial charge is 0.320 e. The van der Waals surface area contributed by atoms with Crippen LogP contribution in [0.25, 0.3) is 0 Å². The predicted octanol–water partition coefficient (Wildman–Crippen LogP) is 3.97. The highest BCUT2D eigenvalue weighted by Crippen LogP contribution is 2.37. The van der Waals surface area contributed by atoms with Gasteiger partial charge in [0.1, 0.15) is 6.04 Å². The molecule has 0 aromatic heterocycles. The highest BCUT2D eigenvalue weighted by Gasteiger charge is 2.39. The van der Waals surface area contributed by atoms with Gasteiger partial charge in [0.2, 0.25) is 0 Å². The Bertz CT molecular complexity index is 862. The highest BCUT2D eigenvalue weighted by molar-refractivity contribution is 5.76. The highest BCUT2D eigenvalue weighted by atomic mass is 16.5. The number of carboxylic acids is 1. The number of carbonyl (C=O) groups excluding carboxylic acids is 1. The maximum atomic E-state index is 12.2. The predicted molar refractivity (Wildman–Crippen MR) is 115 cm³/mol. The van der Waals surface area contributed by atoms with Crippen molar-refractivity contribution < 1.29 is 19.4 Å². The molecule has 2 N–H and O–H groups in total. The first-order valence-corrected chi connectivity index (χ1v) is 9.82. The van der Waals surface area contributed by atoms with E-state index in [4.69, 9.17) is 4.74 Å². The van der Waals surface area contributed by atoms with Crippen molar-refractivity contribution >= 4 is 11.9 Å². The van der Waals surface area contributed by atoms with E-state index in [1.165, 1.54) is 7.11 Å². The van der Waals surface area contributed by atoms with Gasteiger partial charge in [0.05, 0.1) is 12.6 Å². The average molecular weight is 403 g/mol. The molecule has 0 radical (unpaired) electrons. The Morgan fingerprint density at radius 3 is 1.57 bits per heavy atom. The molecule has 0 saturated carbocycles. The number of methoxy groups -OCH3 is 1. The van der Waals surface area contributed by atoms with Crippen LogP contribution in [-0.2, 0) is 19.9 Å². The fourth-order valence-corrected chi connectivity index (χ4v) is 3.70. The zero-order chi connectivity index (χ0) is 21.4. The van der Waals surface area contributed by atoms with Gasteiger partial charge in [-0.2, -0.15) is 0 Å². The van der Waals surface area contributed by atoms with Crippen LogP contribution in [0, 0.1) is 0 Å². The second-order valence-corrected chi connectivity index (χ2v) is 7.00. The molecule has 3 aromatic rings. The second kappa shape index (κ2) is 9.85. The summed E-state index contributed by atoms with van der Waals surface area (Å²) >= 11 is 0. The van der Waals surface area contributed by atoms with E-state index < -0.39 is 23.5 Å². The van der Waals surface area contributed by atoms with Gasteiger partial charge in [-0.15, -0.1) is 0 Å². The van der Waals surface area contributed by atoms with Gasteiger partial charge in [-0.3, -0.25) is 14.9 Å². The Hall–Kier alpha value is -3.44. The summed E-state index contributed by atoms with van der Waals surface area (Å²) in [5, 5.41) is 13.3. The van der Waals surface area contributed by atoms with E-state index in [2.05, 4.69) is 5.32 Å². The van der Waals surface area contributed by atoms with Crippen LogP contribution in [-0.4, -0.2) is 30.2 Å². The molecule has 0 aliphatic heterocycles. The Morgan fingerprint density at radius 2 is 1.23 bits per heavy atom. The van der Waals surface area contributed by atoms with E-state index in [1.54, 1.807) is 0 Å². The lowest BCUT2D eigenvalue weighted by Gasteiger charge is -2.39.